The molecule has 0 amide bonds. The minimum absolute atomic E-state index is 0.266. The second kappa shape index (κ2) is 5.14. The van der Waals surface area contributed by atoms with Gasteiger partial charge in [0.05, 0.1) is 18.1 Å². The average molecular weight is 257 g/mol. The number of ether oxygens (including phenoxy) is 2. The smallest absolute Gasteiger partial charge is 0.245 e. The molecule has 1 atom stereocenters. The maximum absolute atomic E-state index is 12.3. The number of methoxy groups -OCH3 is 1. The molecule has 1 aromatic rings. The van der Waals surface area contributed by atoms with Gasteiger partial charge in [-0.1, -0.05) is 18.2 Å². The van der Waals surface area contributed by atoms with E-state index in [-0.39, 0.29) is 11.5 Å². The van der Waals surface area contributed by atoms with Crippen molar-refractivity contribution in [3.8, 4) is 0 Å². The molecule has 0 radical (unpaired) electrons. The number of benzene rings is 1. The summed E-state index contributed by atoms with van der Waals surface area (Å²) in [6.45, 7) is 0.976. The standard InChI is InChI=1S/C11H15NO4S/c1-15-11-9-16-8-7-12(11)17(13,14)10-5-3-2-4-6-10/h2-6,11H,7-9H2,1H3. The Bertz CT molecular complexity index is 460. The average Bonchev–Trinajstić information content (AvgIpc) is 2.39. The fourth-order valence-electron chi connectivity index (χ4n) is 1.75. The molecule has 0 bridgehead atoms. The molecule has 1 aliphatic heterocycles. The number of hydrogen-bond donors (Lipinski definition) is 0. The molecule has 5 nitrogen and oxygen atoms in total. The van der Waals surface area contributed by atoms with Gasteiger partial charge in [-0.25, -0.2) is 8.42 Å². The summed E-state index contributed by atoms with van der Waals surface area (Å²) in [6.07, 6.45) is -0.547. The van der Waals surface area contributed by atoms with Crippen LogP contribution in [0.5, 0.6) is 0 Å². The van der Waals surface area contributed by atoms with Gasteiger partial charge in [-0.15, -0.1) is 0 Å². The van der Waals surface area contributed by atoms with Crippen molar-refractivity contribution >= 4 is 10.0 Å². The monoisotopic (exact) mass is 257 g/mol. The SMILES string of the molecule is COC1COCCN1S(=O)(=O)c1ccccc1. The lowest BCUT2D eigenvalue weighted by Crippen LogP contribution is -2.49. The van der Waals surface area contributed by atoms with Crippen LogP contribution in [0.2, 0.25) is 0 Å². The van der Waals surface area contributed by atoms with E-state index in [0.717, 1.165) is 0 Å². The highest BCUT2D eigenvalue weighted by molar-refractivity contribution is 7.89. The van der Waals surface area contributed by atoms with Crippen molar-refractivity contribution in [2.24, 2.45) is 0 Å². The number of morpholine rings is 1. The summed E-state index contributed by atoms with van der Waals surface area (Å²) in [5, 5.41) is 0. The Morgan fingerprint density at radius 1 is 1.35 bits per heavy atom. The summed E-state index contributed by atoms with van der Waals surface area (Å²) in [6, 6.07) is 8.35. The van der Waals surface area contributed by atoms with E-state index in [1.54, 1.807) is 30.3 Å². The highest BCUT2D eigenvalue weighted by Gasteiger charge is 2.33. The van der Waals surface area contributed by atoms with Crippen LogP contribution < -0.4 is 0 Å². The third-order valence-corrected chi connectivity index (χ3v) is 4.56. The normalized spacial score (nSPS) is 22.5. The van der Waals surface area contributed by atoms with E-state index >= 15 is 0 Å². The Labute approximate surface area is 101 Å². The Morgan fingerprint density at radius 2 is 2.06 bits per heavy atom. The molecule has 0 aliphatic carbocycles. The zero-order chi connectivity index (χ0) is 12.3. The van der Waals surface area contributed by atoms with E-state index in [1.165, 1.54) is 11.4 Å². The van der Waals surface area contributed by atoms with Crippen LogP contribution in [0.15, 0.2) is 35.2 Å². The minimum Gasteiger partial charge on any atom is -0.376 e. The van der Waals surface area contributed by atoms with E-state index in [9.17, 15) is 8.42 Å². The van der Waals surface area contributed by atoms with E-state index in [4.69, 9.17) is 9.47 Å². The van der Waals surface area contributed by atoms with Crippen LogP contribution >= 0.6 is 0 Å². The molecule has 1 fully saturated rings. The van der Waals surface area contributed by atoms with E-state index < -0.39 is 16.3 Å². The van der Waals surface area contributed by atoms with E-state index in [0.29, 0.717) is 13.2 Å². The third kappa shape index (κ3) is 2.50. The van der Waals surface area contributed by atoms with Crippen LogP contribution in [0.25, 0.3) is 0 Å². The van der Waals surface area contributed by atoms with Gasteiger partial charge in [0.25, 0.3) is 0 Å². The van der Waals surface area contributed by atoms with Gasteiger partial charge in [0.1, 0.15) is 6.23 Å². The quantitative estimate of drug-likeness (QED) is 0.799. The third-order valence-electron chi connectivity index (χ3n) is 2.66. The van der Waals surface area contributed by atoms with Crippen molar-refractivity contribution in [2.45, 2.75) is 11.1 Å². The lowest BCUT2D eigenvalue weighted by atomic mass is 10.4. The lowest BCUT2D eigenvalue weighted by molar-refractivity contribution is -0.0877. The largest absolute Gasteiger partial charge is 0.376 e. The Hall–Kier alpha value is -0.950. The molecule has 1 unspecified atom stereocenters. The summed E-state index contributed by atoms with van der Waals surface area (Å²) >= 11 is 0. The number of sulfonamides is 1. The van der Waals surface area contributed by atoms with Gasteiger partial charge in [-0.05, 0) is 12.1 Å². The summed E-state index contributed by atoms with van der Waals surface area (Å²) in [7, 11) is -2.02. The van der Waals surface area contributed by atoms with Crippen molar-refractivity contribution in [3.05, 3.63) is 30.3 Å². The number of rotatable bonds is 3. The Balaban J connectivity index is 2.31. The van der Waals surface area contributed by atoms with Crippen LogP contribution in [-0.2, 0) is 19.5 Å². The summed E-state index contributed by atoms with van der Waals surface area (Å²) < 4.78 is 36.4. The maximum Gasteiger partial charge on any atom is 0.245 e. The van der Waals surface area contributed by atoms with Gasteiger partial charge >= 0.3 is 0 Å². The molecule has 0 N–H and O–H groups in total. The topological polar surface area (TPSA) is 55.8 Å². The minimum atomic E-state index is -3.49. The first-order valence-electron chi connectivity index (χ1n) is 5.33. The fourth-order valence-corrected chi connectivity index (χ4v) is 3.30. The van der Waals surface area contributed by atoms with Crippen molar-refractivity contribution in [1.29, 1.82) is 0 Å². The van der Waals surface area contributed by atoms with E-state index in [2.05, 4.69) is 0 Å². The molecule has 1 saturated heterocycles. The molecule has 94 valence electrons. The number of hydrogen-bond acceptors (Lipinski definition) is 4. The predicted molar refractivity (Wildman–Crippen MR) is 61.9 cm³/mol. The van der Waals surface area contributed by atoms with Crippen molar-refractivity contribution in [3.63, 3.8) is 0 Å². The molecule has 1 aromatic carbocycles. The first-order valence-corrected chi connectivity index (χ1v) is 6.77. The molecule has 17 heavy (non-hydrogen) atoms. The number of nitrogens with zero attached hydrogens (tertiary/aromatic N) is 1. The van der Waals surface area contributed by atoms with Crippen LogP contribution in [-0.4, -0.2) is 45.8 Å². The van der Waals surface area contributed by atoms with Crippen LogP contribution in [0.4, 0.5) is 0 Å². The molecule has 6 heteroatoms. The first kappa shape index (κ1) is 12.5. The van der Waals surface area contributed by atoms with Gasteiger partial charge in [-0.2, -0.15) is 4.31 Å². The van der Waals surface area contributed by atoms with E-state index in [1.807, 2.05) is 0 Å². The highest BCUT2D eigenvalue weighted by atomic mass is 32.2. The molecule has 0 saturated carbocycles. The van der Waals surface area contributed by atoms with Gasteiger partial charge in [0.2, 0.25) is 10.0 Å². The lowest BCUT2D eigenvalue weighted by Gasteiger charge is -2.33. The van der Waals surface area contributed by atoms with Gasteiger partial charge in [0, 0.05) is 13.7 Å². The van der Waals surface area contributed by atoms with Gasteiger partial charge < -0.3 is 9.47 Å². The zero-order valence-corrected chi connectivity index (χ0v) is 10.4. The molecule has 1 aliphatic rings. The fraction of sp³-hybridized carbons (Fsp3) is 0.455. The maximum atomic E-state index is 12.3. The summed E-state index contributed by atoms with van der Waals surface area (Å²) in [5.74, 6) is 0. The van der Waals surface area contributed by atoms with Crippen molar-refractivity contribution < 1.29 is 17.9 Å². The van der Waals surface area contributed by atoms with Gasteiger partial charge in [0.15, 0.2) is 0 Å². The summed E-state index contributed by atoms with van der Waals surface area (Å²) in [5.41, 5.74) is 0. The predicted octanol–water partition coefficient (Wildman–Crippen LogP) is 0.680. The van der Waals surface area contributed by atoms with Crippen LogP contribution in [0.3, 0.4) is 0 Å². The molecule has 2 rings (SSSR count). The van der Waals surface area contributed by atoms with Crippen LogP contribution in [0, 0.1) is 0 Å². The van der Waals surface area contributed by atoms with Crippen LogP contribution in [0.1, 0.15) is 0 Å². The summed E-state index contributed by atoms with van der Waals surface area (Å²) in [4.78, 5) is 0.281. The molecule has 0 aromatic heterocycles. The molecule has 0 spiro atoms. The molecular weight excluding hydrogens is 242 g/mol. The second-order valence-corrected chi connectivity index (χ2v) is 5.58. The van der Waals surface area contributed by atoms with Crippen molar-refractivity contribution in [1.82, 2.24) is 4.31 Å². The van der Waals surface area contributed by atoms with Gasteiger partial charge in [-0.3, -0.25) is 0 Å². The first-order chi connectivity index (χ1) is 8.16. The zero-order valence-electron chi connectivity index (χ0n) is 9.57. The molecular formula is C11H15NO4S. The Morgan fingerprint density at radius 3 is 2.71 bits per heavy atom. The Kier molecular flexibility index (Phi) is 3.78. The highest BCUT2D eigenvalue weighted by Crippen LogP contribution is 2.20. The van der Waals surface area contributed by atoms with Crippen molar-refractivity contribution in [2.75, 3.05) is 26.9 Å². The molecule has 1 heterocycles. The second-order valence-electron chi connectivity index (χ2n) is 3.69.